The lowest BCUT2D eigenvalue weighted by Crippen LogP contribution is -2.23. The molecule has 0 radical (unpaired) electrons. The number of aromatic nitrogens is 3. The number of fused-ring (bicyclic) bond motifs is 1. The second-order valence-electron chi connectivity index (χ2n) is 6.28. The van der Waals surface area contributed by atoms with Gasteiger partial charge >= 0.3 is 0 Å². The van der Waals surface area contributed by atoms with Crippen molar-refractivity contribution in [2.24, 2.45) is 0 Å². The number of thiazole rings is 1. The van der Waals surface area contributed by atoms with Gasteiger partial charge < -0.3 is 14.2 Å². The summed E-state index contributed by atoms with van der Waals surface area (Å²) < 4.78 is 17.9. The summed E-state index contributed by atoms with van der Waals surface area (Å²) in [6.45, 7) is 4.07. The third kappa shape index (κ3) is 3.77. The summed E-state index contributed by atoms with van der Waals surface area (Å²) in [7, 11) is 3.14. The normalized spacial score (nSPS) is 11.6. The quantitative estimate of drug-likeness (QED) is 0.427. The number of hydrogen-bond donors (Lipinski definition) is 0. The highest BCUT2D eigenvalue weighted by Gasteiger charge is 2.14. The molecule has 2 heterocycles. The zero-order chi connectivity index (χ0) is 21.1. The minimum atomic E-state index is -0.207. The van der Waals surface area contributed by atoms with Crippen molar-refractivity contribution in [1.29, 1.82) is 0 Å². The van der Waals surface area contributed by atoms with E-state index in [9.17, 15) is 4.79 Å². The Morgan fingerprint density at radius 3 is 2.53 bits per heavy atom. The molecule has 0 N–H and O–H groups in total. The lowest BCUT2D eigenvalue weighted by Gasteiger charge is -2.07. The fraction of sp³-hybridized carbons (Fsp3) is 0.136. The monoisotopic (exact) mass is 421 g/mol. The highest BCUT2D eigenvalue weighted by atomic mass is 32.1. The molecule has 4 rings (SSSR count). The number of benzene rings is 2. The topological polar surface area (TPSA) is 74.9 Å². The molecule has 0 atom stereocenters. The van der Waals surface area contributed by atoms with E-state index in [1.165, 1.54) is 15.9 Å². The highest BCUT2D eigenvalue weighted by molar-refractivity contribution is 7.15. The molecule has 0 saturated heterocycles. The van der Waals surface area contributed by atoms with Crippen molar-refractivity contribution in [3.63, 3.8) is 0 Å². The molecule has 0 amide bonds. The van der Waals surface area contributed by atoms with Crippen molar-refractivity contribution in [2.45, 2.75) is 0 Å². The fourth-order valence-electron chi connectivity index (χ4n) is 2.90. The largest absolute Gasteiger partial charge is 0.493 e. The van der Waals surface area contributed by atoms with Crippen LogP contribution in [0.2, 0.25) is 0 Å². The number of hydrogen-bond acceptors (Lipinski definition) is 7. The van der Waals surface area contributed by atoms with Crippen molar-refractivity contribution < 1.29 is 14.2 Å². The van der Waals surface area contributed by atoms with E-state index in [2.05, 4.69) is 16.7 Å². The zero-order valence-corrected chi connectivity index (χ0v) is 17.3. The standard InChI is InChI=1S/C22H19N3O4S/c1-4-11-29-16-8-5-14(6-9-16)12-19-21(26)25-22(30-19)23-20(24-25)15-7-10-17(27-2)18(13-15)28-3/h4-10,12-13H,1,11H2,2-3H3/b19-12-. The minimum Gasteiger partial charge on any atom is -0.493 e. The number of nitrogens with zero attached hydrogens (tertiary/aromatic N) is 3. The van der Waals surface area contributed by atoms with Crippen molar-refractivity contribution in [3.8, 4) is 28.6 Å². The molecule has 0 saturated carbocycles. The van der Waals surface area contributed by atoms with Crippen molar-refractivity contribution in [3.05, 3.63) is 75.6 Å². The summed E-state index contributed by atoms with van der Waals surface area (Å²) in [5.74, 6) is 2.39. The predicted molar refractivity (Wildman–Crippen MR) is 117 cm³/mol. The maximum absolute atomic E-state index is 12.8. The van der Waals surface area contributed by atoms with Gasteiger partial charge in [-0.3, -0.25) is 4.79 Å². The Bertz CT molecular complexity index is 1310. The molecule has 4 aromatic rings. The molecular formula is C22H19N3O4S. The van der Waals surface area contributed by atoms with E-state index in [4.69, 9.17) is 14.2 Å². The van der Waals surface area contributed by atoms with Crippen LogP contribution in [0.5, 0.6) is 17.2 Å². The van der Waals surface area contributed by atoms with Crippen LogP contribution in [0, 0.1) is 0 Å². The number of ether oxygens (including phenoxy) is 3. The minimum absolute atomic E-state index is 0.207. The lowest BCUT2D eigenvalue weighted by atomic mass is 10.2. The first-order chi connectivity index (χ1) is 14.6. The lowest BCUT2D eigenvalue weighted by molar-refractivity contribution is 0.355. The number of methoxy groups -OCH3 is 2. The van der Waals surface area contributed by atoms with Gasteiger partial charge in [-0.15, -0.1) is 5.10 Å². The van der Waals surface area contributed by atoms with Crippen LogP contribution >= 0.6 is 11.3 Å². The van der Waals surface area contributed by atoms with Crippen molar-refractivity contribution in [2.75, 3.05) is 20.8 Å². The molecule has 2 aromatic carbocycles. The third-order valence-corrected chi connectivity index (χ3v) is 5.33. The maximum Gasteiger partial charge on any atom is 0.291 e. The smallest absolute Gasteiger partial charge is 0.291 e. The predicted octanol–water partition coefficient (Wildman–Crippen LogP) is 2.95. The molecule has 0 bridgehead atoms. The van der Waals surface area contributed by atoms with E-state index in [0.29, 0.717) is 33.4 Å². The molecule has 0 fully saturated rings. The number of rotatable bonds is 7. The first-order valence-electron chi connectivity index (χ1n) is 9.10. The maximum atomic E-state index is 12.8. The van der Waals surface area contributed by atoms with E-state index >= 15 is 0 Å². The third-order valence-electron chi connectivity index (χ3n) is 4.37. The van der Waals surface area contributed by atoms with Crippen LogP contribution in [0.3, 0.4) is 0 Å². The Balaban J connectivity index is 1.66. The molecule has 0 aliphatic carbocycles. The zero-order valence-electron chi connectivity index (χ0n) is 16.5. The van der Waals surface area contributed by atoms with Crippen molar-refractivity contribution >= 4 is 22.4 Å². The van der Waals surface area contributed by atoms with Gasteiger partial charge in [0, 0.05) is 5.56 Å². The van der Waals surface area contributed by atoms with Gasteiger partial charge in [-0.05, 0) is 42.0 Å². The van der Waals surface area contributed by atoms with E-state index in [0.717, 1.165) is 16.9 Å². The van der Waals surface area contributed by atoms with Crippen LogP contribution in [0.15, 0.2) is 59.9 Å². The van der Waals surface area contributed by atoms with Crippen LogP contribution in [0.4, 0.5) is 0 Å². The molecule has 0 aliphatic heterocycles. The Labute approximate surface area is 176 Å². The van der Waals surface area contributed by atoms with E-state index in [-0.39, 0.29) is 5.56 Å². The van der Waals surface area contributed by atoms with Gasteiger partial charge in [-0.1, -0.05) is 36.1 Å². The van der Waals surface area contributed by atoms with Crippen LogP contribution < -0.4 is 24.3 Å². The molecule has 0 aliphatic rings. The van der Waals surface area contributed by atoms with Gasteiger partial charge in [-0.25, -0.2) is 0 Å². The van der Waals surface area contributed by atoms with Crippen LogP contribution in [0.1, 0.15) is 5.56 Å². The second kappa shape index (κ2) is 8.38. The van der Waals surface area contributed by atoms with Crippen LogP contribution in [-0.4, -0.2) is 35.4 Å². The van der Waals surface area contributed by atoms with Gasteiger partial charge in [0.15, 0.2) is 17.3 Å². The molecular weight excluding hydrogens is 402 g/mol. The Kier molecular flexibility index (Phi) is 5.49. The fourth-order valence-corrected chi connectivity index (χ4v) is 3.81. The summed E-state index contributed by atoms with van der Waals surface area (Å²) in [5, 5.41) is 4.38. The molecule has 152 valence electrons. The summed E-state index contributed by atoms with van der Waals surface area (Å²) in [4.78, 5) is 17.8. The summed E-state index contributed by atoms with van der Waals surface area (Å²) in [6, 6.07) is 12.9. The first-order valence-corrected chi connectivity index (χ1v) is 9.92. The molecule has 30 heavy (non-hydrogen) atoms. The van der Waals surface area contributed by atoms with Gasteiger partial charge in [0.25, 0.3) is 5.56 Å². The average molecular weight is 421 g/mol. The first kappa shape index (κ1) is 19.7. The van der Waals surface area contributed by atoms with Gasteiger partial charge in [-0.2, -0.15) is 9.50 Å². The van der Waals surface area contributed by atoms with Crippen molar-refractivity contribution in [1.82, 2.24) is 14.6 Å². The molecule has 0 unspecified atom stereocenters. The van der Waals surface area contributed by atoms with E-state index < -0.39 is 0 Å². The molecule has 7 nitrogen and oxygen atoms in total. The van der Waals surface area contributed by atoms with Gasteiger partial charge in [0.2, 0.25) is 4.96 Å². The Morgan fingerprint density at radius 2 is 1.87 bits per heavy atom. The van der Waals surface area contributed by atoms with Crippen LogP contribution in [-0.2, 0) is 0 Å². The molecule has 8 heteroatoms. The Morgan fingerprint density at radius 1 is 1.10 bits per heavy atom. The Hall–Kier alpha value is -3.65. The SMILES string of the molecule is C=CCOc1ccc(/C=c2\sc3nc(-c4ccc(OC)c(OC)c4)nn3c2=O)cc1. The van der Waals surface area contributed by atoms with Crippen LogP contribution in [0.25, 0.3) is 22.4 Å². The molecule has 0 spiro atoms. The summed E-state index contributed by atoms with van der Waals surface area (Å²) in [5.41, 5.74) is 1.42. The summed E-state index contributed by atoms with van der Waals surface area (Å²) in [6.07, 6.45) is 3.51. The average Bonchev–Trinajstić information content (AvgIpc) is 3.32. The van der Waals surface area contributed by atoms with Gasteiger partial charge in [0.1, 0.15) is 12.4 Å². The molecule has 2 aromatic heterocycles. The van der Waals surface area contributed by atoms with E-state index in [1.807, 2.05) is 36.4 Å². The second-order valence-corrected chi connectivity index (χ2v) is 7.29. The summed E-state index contributed by atoms with van der Waals surface area (Å²) >= 11 is 1.29. The highest BCUT2D eigenvalue weighted by Crippen LogP contribution is 2.31. The van der Waals surface area contributed by atoms with E-state index in [1.54, 1.807) is 32.4 Å². The van der Waals surface area contributed by atoms with Gasteiger partial charge in [0.05, 0.1) is 18.8 Å².